The molecule has 2 atom stereocenters. The van der Waals surface area contributed by atoms with Gasteiger partial charge in [0.1, 0.15) is 0 Å². The van der Waals surface area contributed by atoms with E-state index in [-0.39, 0.29) is 0 Å². The summed E-state index contributed by atoms with van der Waals surface area (Å²) in [4.78, 5) is 11.7. The van der Waals surface area contributed by atoms with Crippen molar-refractivity contribution in [1.29, 1.82) is 0 Å². The van der Waals surface area contributed by atoms with Crippen molar-refractivity contribution in [3.05, 3.63) is 11.1 Å². The first-order valence-corrected chi connectivity index (χ1v) is 5.62. The number of Topliss-reactive ketones (excluding diaryl/α,β-unsaturated/α-hetero) is 1. The molecular weight excluding hydrogens is 160 g/mol. The van der Waals surface area contributed by atoms with E-state index in [1.54, 1.807) is 5.57 Å². The van der Waals surface area contributed by atoms with Crippen molar-refractivity contribution >= 4 is 5.78 Å². The van der Waals surface area contributed by atoms with Gasteiger partial charge < -0.3 is 0 Å². The summed E-state index contributed by atoms with van der Waals surface area (Å²) >= 11 is 0. The first-order chi connectivity index (χ1) is 6.36. The number of carbonyl (C=O) groups is 1. The number of rotatable bonds is 0. The summed E-state index contributed by atoms with van der Waals surface area (Å²) < 4.78 is 0. The van der Waals surface area contributed by atoms with Crippen LogP contribution in [0.4, 0.5) is 0 Å². The molecule has 1 saturated carbocycles. The second-order valence-electron chi connectivity index (χ2n) is 4.78. The second kappa shape index (κ2) is 2.70. The van der Waals surface area contributed by atoms with Crippen LogP contribution in [-0.4, -0.2) is 5.78 Å². The molecule has 0 heterocycles. The average molecular weight is 176 g/mol. The zero-order chi connectivity index (χ0) is 8.84. The van der Waals surface area contributed by atoms with Crippen molar-refractivity contribution in [2.45, 2.75) is 44.9 Å². The van der Waals surface area contributed by atoms with Gasteiger partial charge in [0.15, 0.2) is 5.78 Å². The third kappa shape index (κ3) is 1.02. The Morgan fingerprint density at radius 1 is 1.00 bits per heavy atom. The van der Waals surface area contributed by atoms with Crippen molar-refractivity contribution in [3.8, 4) is 0 Å². The van der Waals surface area contributed by atoms with Crippen LogP contribution in [0.2, 0.25) is 0 Å². The lowest BCUT2D eigenvalue weighted by Crippen LogP contribution is -2.19. The molecule has 0 aliphatic heterocycles. The molecule has 3 rings (SSSR count). The van der Waals surface area contributed by atoms with E-state index >= 15 is 0 Å². The van der Waals surface area contributed by atoms with Gasteiger partial charge in [-0.25, -0.2) is 0 Å². The molecule has 0 N–H and O–H groups in total. The van der Waals surface area contributed by atoms with Gasteiger partial charge in [0.2, 0.25) is 0 Å². The predicted molar refractivity (Wildman–Crippen MR) is 51.3 cm³/mol. The van der Waals surface area contributed by atoms with E-state index in [1.807, 2.05) is 0 Å². The van der Waals surface area contributed by atoms with Gasteiger partial charge in [0.05, 0.1) is 0 Å². The maximum absolute atomic E-state index is 11.7. The van der Waals surface area contributed by atoms with Crippen LogP contribution in [0.3, 0.4) is 0 Å². The molecule has 0 aromatic carbocycles. The molecule has 0 aromatic heterocycles. The standard InChI is InChI=1S/C12H16O/c13-11-7-9-5-1-3-8-4-2-6-10(11)12(8)9/h8-9H,1-7H2. The average Bonchev–Trinajstić information content (AvgIpc) is 2.47. The fourth-order valence-electron chi connectivity index (χ4n) is 3.58. The van der Waals surface area contributed by atoms with Crippen LogP contribution < -0.4 is 0 Å². The fourth-order valence-corrected chi connectivity index (χ4v) is 3.58. The van der Waals surface area contributed by atoms with Gasteiger partial charge in [-0.05, 0) is 49.5 Å². The Balaban J connectivity index is 2.05. The lowest BCUT2D eigenvalue weighted by atomic mass is 9.72. The van der Waals surface area contributed by atoms with Crippen LogP contribution in [0.25, 0.3) is 0 Å². The predicted octanol–water partition coefficient (Wildman–Crippen LogP) is 2.86. The van der Waals surface area contributed by atoms with E-state index in [4.69, 9.17) is 0 Å². The maximum atomic E-state index is 11.7. The molecular formula is C12H16O. The Labute approximate surface area is 79.2 Å². The van der Waals surface area contributed by atoms with Crippen molar-refractivity contribution in [3.63, 3.8) is 0 Å². The normalized spacial score (nSPS) is 38.0. The maximum Gasteiger partial charge on any atom is 0.159 e. The van der Waals surface area contributed by atoms with Crippen LogP contribution >= 0.6 is 0 Å². The summed E-state index contributed by atoms with van der Waals surface area (Å²) in [5.41, 5.74) is 2.88. The molecule has 70 valence electrons. The highest BCUT2D eigenvalue weighted by Crippen LogP contribution is 2.48. The van der Waals surface area contributed by atoms with E-state index < -0.39 is 0 Å². The minimum atomic E-state index is 0.492. The first kappa shape index (κ1) is 7.78. The van der Waals surface area contributed by atoms with E-state index in [9.17, 15) is 4.79 Å². The SMILES string of the molecule is O=C1CC2CCCC3CCCC1=C32. The summed E-state index contributed by atoms with van der Waals surface area (Å²) in [6.07, 6.45) is 8.61. The number of carbonyl (C=O) groups excluding carboxylic acids is 1. The first-order valence-electron chi connectivity index (χ1n) is 5.62. The highest BCUT2D eigenvalue weighted by atomic mass is 16.1. The number of ketones is 1. The van der Waals surface area contributed by atoms with Gasteiger partial charge in [-0.2, -0.15) is 0 Å². The molecule has 0 bridgehead atoms. The molecule has 0 amide bonds. The third-order valence-electron chi connectivity index (χ3n) is 4.08. The minimum Gasteiger partial charge on any atom is -0.295 e. The Morgan fingerprint density at radius 2 is 1.77 bits per heavy atom. The highest BCUT2D eigenvalue weighted by Gasteiger charge is 2.39. The zero-order valence-electron chi connectivity index (χ0n) is 8.01. The van der Waals surface area contributed by atoms with Gasteiger partial charge in [-0.15, -0.1) is 0 Å². The summed E-state index contributed by atoms with van der Waals surface area (Å²) in [6, 6.07) is 0. The molecule has 1 nitrogen and oxygen atoms in total. The second-order valence-corrected chi connectivity index (χ2v) is 4.78. The summed E-state index contributed by atoms with van der Waals surface area (Å²) in [6.45, 7) is 0. The molecule has 1 heteroatoms. The van der Waals surface area contributed by atoms with Crippen LogP contribution in [-0.2, 0) is 4.79 Å². The van der Waals surface area contributed by atoms with Crippen LogP contribution in [0.5, 0.6) is 0 Å². The van der Waals surface area contributed by atoms with E-state index in [0.29, 0.717) is 11.7 Å². The summed E-state index contributed by atoms with van der Waals surface area (Å²) in [7, 11) is 0. The summed E-state index contributed by atoms with van der Waals surface area (Å²) in [5, 5.41) is 0. The number of allylic oxidation sites excluding steroid dienone is 2. The van der Waals surface area contributed by atoms with E-state index in [2.05, 4.69) is 0 Å². The Kier molecular flexibility index (Phi) is 1.61. The summed E-state index contributed by atoms with van der Waals surface area (Å²) in [5.74, 6) is 1.99. The lowest BCUT2D eigenvalue weighted by molar-refractivity contribution is -0.115. The number of hydrogen-bond donors (Lipinski definition) is 0. The fraction of sp³-hybridized carbons (Fsp3) is 0.750. The molecule has 3 aliphatic rings. The lowest BCUT2D eigenvalue weighted by Gasteiger charge is -2.32. The van der Waals surface area contributed by atoms with Gasteiger partial charge in [-0.1, -0.05) is 12.0 Å². The van der Waals surface area contributed by atoms with Gasteiger partial charge in [0, 0.05) is 6.42 Å². The molecule has 13 heavy (non-hydrogen) atoms. The smallest absolute Gasteiger partial charge is 0.159 e. The van der Waals surface area contributed by atoms with E-state index in [1.165, 1.54) is 37.7 Å². The Bertz CT molecular complexity index is 287. The molecule has 0 radical (unpaired) electrons. The molecule has 0 spiro atoms. The largest absolute Gasteiger partial charge is 0.295 e. The minimum absolute atomic E-state index is 0.492. The van der Waals surface area contributed by atoms with Gasteiger partial charge >= 0.3 is 0 Å². The van der Waals surface area contributed by atoms with Crippen LogP contribution in [0.15, 0.2) is 11.1 Å². The highest BCUT2D eigenvalue weighted by molar-refractivity contribution is 5.99. The molecule has 2 unspecified atom stereocenters. The molecule has 1 fully saturated rings. The monoisotopic (exact) mass is 176 g/mol. The van der Waals surface area contributed by atoms with Crippen molar-refractivity contribution in [2.75, 3.05) is 0 Å². The van der Waals surface area contributed by atoms with E-state index in [0.717, 1.165) is 18.8 Å². The Hall–Kier alpha value is -0.590. The molecule has 0 aromatic rings. The quantitative estimate of drug-likeness (QED) is 0.554. The third-order valence-corrected chi connectivity index (χ3v) is 4.08. The zero-order valence-corrected chi connectivity index (χ0v) is 8.01. The number of hydrogen-bond acceptors (Lipinski definition) is 1. The van der Waals surface area contributed by atoms with Crippen molar-refractivity contribution in [2.24, 2.45) is 11.8 Å². The topological polar surface area (TPSA) is 17.1 Å². The Morgan fingerprint density at radius 3 is 2.69 bits per heavy atom. The van der Waals surface area contributed by atoms with Crippen LogP contribution in [0.1, 0.15) is 44.9 Å². The molecule has 0 saturated heterocycles. The molecule has 3 aliphatic carbocycles. The van der Waals surface area contributed by atoms with Crippen molar-refractivity contribution in [1.82, 2.24) is 0 Å². The van der Waals surface area contributed by atoms with Crippen molar-refractivity contribution < 1.29 is 4.79 Å². The van der Waals surface area contributed by atoms with Crippen LogP contribution in [0, 0.1) is 11.8 Å². The van der Waals surface area contributed by atoms with Gasteiger partial charge in [-0.3, -0.25) is 4.79 Å². The van der Waals surface area contributed by atoms with Gasteiger partial charge in [0.25, 0.3) is 0 Å².